The minimum Gasteiger partial charge on any atom is -0.383 e. The van der Waals surface area contributed by atoms with Gasteiger partial charge in [0, 0.05) is 37.9 Å². The van der Waals surface area contributed by atoms with Crippen LogP contribution in [0.4, 0.5) is 0 Å². The van der Waals surface area contributed by atoms with Crippen molar-refractivity contribution < 1.29 is 9.53 Å². The van der Waals surface area contributed by atoms with Gasteiger partial charge in [0.15, 0.2) is 5.82 Å². The number of ether oxygens (including phenoxy) is 1. The van der Waals surface area contributed by atoms with E-state index in [1.165, 1.54) is 0 Å². The van der Waals surface area contributed by atoms with Crippen LogP contribution in [0.25, 0.3) is 11.4 Å². The Balaban J connectivity index is 1.88. The zero-order valence-corrected chi connectivity index (χ0v) is 12.8. The summed E-state index contributed by atoms with van der Waals surface area (Å²) < 4.78 is 4.93. The van der Waals surface area contributed by atoms with Crippen molar-refractivity contribution in [2.75, 3.05) is 33.4 Å². The van der Waals surface area contributed by atoms with Gasteiger partial charge < -0.3 is 15.4 Å². The number of benzene rings is 1. The molecule has 118 valence electrons. The van der Waals surface area contributed by atoms with Gasteiger partial charge in [-0.15, -0.1) is 0 Å². The topological polar surface area (TPSA) is 91.9 Å². The van der Waals surface area contributed by atoms with Crippen LogP contribution < -0.4 is 10.6 Å². The van der Waals surface area contributed by atoms with Gasteiger partial charge in [0.1, 0.15) is 5.82 Å². The molecule has 0 unspecified atom stereocenters. The molecular weight excluding hydrogens is 282 g/mol. The molecule has 0 atom stereocenters. The molecule has 22 heavy (non-hydrogen) atoms. The van der Waals surface area contributed by atoms with E-state index < -0.39 is 0 Å². The number of rotatable bonds is 8. The molecule has 1 heterocycles. The number of H-pyrrole nitrogens is 1. The summed E-state index contributed by atoms with van der Waals surface area (Å²) in [5, 5.41) is 12.9. The van der Waals surface area contributed by atoms with E-state index in [0.717, 1.165) is 17.9 Å². The quantitative estimate of drug-likeness (QED) is 0.626. The lowest BCUT2D eigenvalue weighted by atomic mass is 10.1. The number of aromatic amines is 1. The number of aromatic nitrogens is 3. The maximum Gasteiger partial charge on any atom is 0.251 e. The molecule has 0 aliphatic rings. The molecule has 0 bridgehead atoms. The Bertz CT molecular complexity index is 611. The number of hydrogen-bond donors (Lipinski definition) is 3. The van der Waals surface area contributed by atoms with Gasteiger partial charge in [0.05, 0.1) is 6.61 Å². The second-order valence-corrected chi connectivity index (χ2v) is 4.82. The molecule has 7 heteroatoms. The van der Waals surface area contributed by atoms with E-state index in [-0.39, 0.29) is 5.91 Å². The van der Waals surface area contributed by atoms with Crippen LogP contribution in [0.2, 0.25) is 0 Å². The third-order valence-electron chi connectivity index (χ3n) is 3.05. The predicted molar refractivity (Wildman–Crippen MR) is 83.6 cm³/mol. The van der Waals surface area contributed by atoms with Gasteiger partial charge in [-0.3, -0.25) is 9.89 Å². The standard InChI is InChI=1S/C15H21N5O2/c1-11-18-14(20-19-11)12-4-3-5-13(10-12)15(21)17-7-6-16-8-9-22-2/h3-5,10,16H,6-9H2,1-2H3,(H,17,21)(H,18,19,20). The summed E-state index contributed by atoms with van der Waals surface area (Å²) in [6, 6.07) is 7.27. The molecule has 1 aromatic heterocycles. The zero-order valence-electron chi connectivity index (χ0n) is 12.8. The monoisotopic (exact) mass is 303 g/mol. The number of carbonyl (C=O) groups is 1. The summed E-state index contributed by atoms with van der Waals surface area (Å²) in [5.41, 5.74) is 1.41. The van der Waals surface area contributed by atoms with E-state index in [9.17, 15) is 4.79 Å². The molecular formula is C15H21N5O2. The molecule has 0 aliphatic heterocycles. The molecule has 3 N–H and O–H groups in total. The van der Waals surface area contributed by atoms with E-state index in [2.05, 4.69) is 25.8 Å². The van der Waals surface area contributed by atoms with Crippen LogP contribution in [0.3, 0.4) is 0 Å². The van der Waals surface area contributed by atoms with Crippen molar-refractivity contribution in [1.29, 1.82) is 0 Å². The number of nitrogens with one attached hydrogen (secondary N) is 3. The van der Waals surface area contributed by atoms with E-state index in [1.807, 2.05) is 19.1 Å². The maximum atomic E-state index is 12.1. The first-order valence-electron chi connectivity index (χ1n) is 7.18. The smallest absolute Gasteiger partial charge is 0.251 e. The van der Waals surface area contributed by atoms with Gasteiger partial charge >= 0.3 is 0 Å². The van der Waals surface area contributed by atoms with Crippen molar-refractivity contribution >= 4 is 5.91 Å². The van der Waals surface area contributed by atoms with E-state index in [0.29, 0.717) is 31.1 Å². The number of hydrogen-bond acceptors (Lipinski definition) is 5. The number of nitrogens with zero attached hydrogens (tertiary/aromatic N) is 2. The molecule has 7 nitrogen and oxygen atoms in total. The number of amides is 1. The van der Waals surface area contributed by atoms with E-state index >= 15 is 0 Å². The molecule has 1 amide bonds. The average Bonchev–Trinajstić information content (AvgIpc) is 2.97. The highest BCUT2D eigenvalue weighted by Gasteiger charge is 2.09. The minimum absolute atomic E-state index is 0.109. The molecule has 0 aliphatic carbocycles. The van der Waals surface area contributed by atoms with Gasteiger partial charge in [0.25, 0.3) is 5.91 Å². The Kier molecular flexibility index (Phi) is 6.05. The Morgan fingerprint density at radius 2 is 2.18 bits per heavy atom. The van der Waals surface area contributed by atoms with Crippen molar-refractivity contribution in [2.45, 2.75) is 6.92 Å². The molecule has 0 saturated carbocycles. The zero-order chi connectivity index (χ0) is 15.8. The first-order valence-corrected chi connectivity index (χ1v) is 7.18. The molecule has 1 aromatic carbocycles. The lowest BCUT2D eigenvalue weighted by Crippen LogP contribution is -2.33. The highest BCUT2D eigenvalue weighted by Crippen LogP contribution is 2.16. The number of aryl methyl sites for hydroxylation is 1. The Hall–Kier alpha value is -2.25. The van der Waals surface area contributed by atoms with Crippen LogP contribution in [0, 0.1) is 6.92 Å². The lowest BCUT2D eigenvalue weighted by Gasteiger charge is -2.07. The van der Waals surface area contributed by atoms with Gasteiger partial charge in [-0.05, 0) is 19.1 Å². The molecule has 2 aromatic rings. The van der Waals surface area contributed by atoms with Crippen molar-refractivity contribution in [2.24, 2.45) is 0 Å². The molecule has 0 radical (unpaired) electrons. The second kappa shape index (κ2) is 8.26. The molecule has 2 rings (SSSR count). The summed E-state index contributed by atoms with van der Waals surface area (Å²) in [6.45, 7) is 4.53. The summed E-state index contributed by atoms with van der Waals surface area (Å²) in [4.78, 5) is 16.4. The third-order valence-corrected chi connectivity index (χ3v) is 3.05. The van der Waals surface area contributed by atoms with Gasteiger partial charge in [-0.2, -0.15) is 5.10 Å². The van der Waals surface area contributed by atoms with Crippen molar-refractivity contribution in [3.8, 4) is 11.4 Å². The van der Waals surface area contributed by atoms with Gasteiger partial charge in [0.2, 0.25) is 0 Å². The summed E-state index contributed by atoms with van der Waals surface area (Å²) in [5.74, 6) is 1.23. The van der Waals surface area contributed by atoms with Crippen molar-refractivity contribution in [3.63, 3.8) is 0 Å². The average molecular weight is 303 g/mol. The molecule has 0 fully saturated rings. The Morgan fingerprint density at radius 3 is 2.91 bits per heavy atom. The summed E-state index contributed by atoms with van der Waals surface area (Å²) in [6.07, 6.45) is 0. The third kappa shape index (κ3) is 4.64. The van der Waals surface area contributed by atoms with Crippen LogP contribution in [0.5, 0.6) is 0 Å². The summed E-state index contributed by atoms with van der Waals surface area (Å²) in [7, 11) is 1.66. The first-order chi connectivity index (χ1) is 10.7. The van der Waals surface area contributed by atoms with Crippen LogP contribution >= 0.6 is 0 Å². The maximum absolute atomic E-state index is 12.1. The van der Waals surface area contributed by atoms with E-state index in [1.54, 1.807) is 19.2 Å². The normalized spacial score (nSPS) is 10.6. The summed E-state index contributed by atoms with van der Waals surface area (Å²) >= 11 is 0. The fourth-order valence-electron chi connectivity index (χ4n) is 1.94. The minimum atomic E-state index is -0.109. The van der Waals surface area contributed by atoms with Crippen LogP contribution in [-0.4, -0.2) is 54.4 Å². The fraction of sp³-hybridized carbons (Fsp3) is 0.400. The Morgan fingerprint density at radius 1 is 1.32 bits per heavy atom. The number of carbonyl (C=O) groups excluding carboxylic acids is 1. The van der Waals surface area contributed by atoms with Crippen molar-refractivity contribution in [1.82, 2.24) is 25.8 Å². The van der Waals surface area contributed by atoms with Gasteiger partial charge in [-0.1, -0.05) is 12.1 Å². The fourth-order valence-corrected chi connectivity index (χ4v) is 1.94. The largest absolute Gasteiger partial charge is 0.383 e. The molecule has 0 saturated heterocycles. The van der Waals surface area contributed by atoms with Gasteiger partial charge in [-0.25, -0.2) is 4.98 Å². The van der Waals surface area contributed by atoms with Crippen LogP contribution in [0.15, 0.2) is 24.3 Å². The highest BCUT2D eigenvalue weighted by atomic mass is 16.5. The predicted octanol–water partition coefficient (Wildman–Crippen LogP) is 0.746. The second-order valence-electron chi connectivity index (χ2n) is 4.82. The van der Waals surface area contributed by atoms with Crippen LogP contribution in [0.1, 0.15) is 16.2 Å². The Labute approximate surface area is 129 Å². The molecule has 0 spiro atoms. The van der Waals surface area contributed by atoms with Crippen molar-refractivity contribution in [3.05, 3.63) is 35.7 Å². The highest BCUT2D eigenvalue weighted by molar-refractivity contribution is 5.95. The van der Waals surface area contributed by atoms with E-state index in [4.69, 9.17) is 4.74 Å². The van der Waals surface area contributed by atoms with Crippen LogP contribution in [-0.2, 0) is 4.74 Å². The lowest BCUT2D eigenvalue weighted by molar-refractivity contribution is 0.0953. The first kappa shape index (κ1) is 16.1. The number of methoxy groups -OCH3 is 1. The SMILES string of the molecule is COCCNCCNC(=O)c1cccc(-c2n[nH]c(C)n2)c1.